The summed E-state index contributed by atoms with van der Waals surface area (Å²) in [5.74, 6) is 0. The standard InChI is InChI=1S/C12H24O2/c1-10(2)13-8-12(6-7-12)9-14-11(3,4)5/h10H,6-9H2,1-5H3. The Kier molecular flexibility index (Phi) is 3.59. The van der Waals surface area contributed by atoms with Crippen LogP contribution in [0.5, 0.6) is 0 Å². The average molecular weight is 200 g/mol. The molecule has 0 bridgehead atoms. The summed E-state index contributed by atoms with van der Waals surface area (Å²) in [4.78, 5) is 0. The number of hydrogen-bond donors (Lipinski definition) is 0. The van der Waals surface area contributed by atoms with Gasteiger partial charge in [-0.2, -0.15) is 0 Å². The minimum Gasteiger partial charge on any atom is -0.378 e. The van der Waals surface area contributed by atoms with Crippen molar-refractivity contribution < 1.29 is 9.47 Å². The average Bonchev–Trinajstić information content (AvgIpc) is 2.77. The molecule has 0 aromatic heterocycles. The van der Waals surface area contributed by atoms with E-state index >= 15 is 0 Å². The van der Waals surface area contributed by atoms with E-state index < -0.39 is 0 Å². The van der Waals surface area contributed by atoms with Crippen LogP contribution in [0.4, 0.5) is 0 Å². The van der Waals surface area contributed by atoms with Crippen LogP contribution in [0.3, 0.4) is 0 Å². The molecule has 0 unspecified atom stereocenters. The van der Waals surface area contributed by atoms with Crippen LogP contribution in [0.15, 0.2) is 0 Å². The van der Waals surface area contributed by atoms with Crippen molar-refractivity contribution in [1.82, 2.24) is 0 Å². The molecule has 1 saturated carbocycles. The van der Waals surface area contributed by atoms with Gasteiger partial charge in [-0.1, -0.05) is 0 Å². The molecule has 1 rings (SSSR count). The van der Waals surface area contributed by atoms with Crippen molar-refractivity contribution >= 4 is 0 Å². The van der Waals surface area contributed by atoms with Crippen molar-refractivity contribution in [3.63, 3.8) is 0 Å². The first-order valence-electron chi connectivity index (χ1n) is 5.59. The van der Waals surface area contributed by atoms with Gasteiger partial charge in [0.25, 0.3) is 0 Å². The van der Waals surface area contributed by atoms with E-state index in [2.05, 4.69) is 34.6 Å². The molecule has 84 valence electrons. The molecule has 1 aliphatic rings. The molecule has 14 heavy (non-hydrogen) atoms. The summed E-state index contributed by atoms with van der Waals surface area (Å²) in [5.41, 5.74) is 0.324. The Bertz CT molecular complexity index is 175. The van der Waals surface area contributed by atoms with Gasteiger partial charge in [0, 0.05) is 5.41 Å². The van der Waals surface area contributed by atoms with E-state index in [0.29, 0.717) is 11.5 Å². The van der Waals surface area contributed by atoms with Gasteiger partial charge < -0.3 is 9.47 Å². The molecule has 0 aliphatic heterocycles. The highest BCUT2D eigenvalue weighted by molar-refractivity contribution is 4.93. The largest absolute Gasteiger partial charge is 0.378 e. The zero-order valence-corrected chi connectivity index (χ0v) is 10.2. The predicted molar refractivity (Wildman–Crippen MR) is 58.5 cm³/mol. The lowest BCUT2D eigenvalue weighted by Crippen LogP contribution is -2.27. The molecule has 0 atom stereocenters. The second-order valence-corrected chi connectivity index (χ2v) is 5.76. The Morgan fingerprint density at radius 2 is 1.71 bits per heavy atom. The van der Waals surface area contributed by atoms with Crippen LogP contribution in [0.2, 0.25) is 0 Å². The van der Waals surface area contributed by atoms with E-state index in [1.165, 1.54) is 12.8 Å². The van der Waals surface area contributed by atoms with Crippen molar-refractivity contribution in [3.8, 4) is 0 Å². The number of rotatable bonds is 5. The van der Waals surface area contributed by atoms with Crippen LogP contribution >= 0.6 is 0 Å². The normalized spacial score (nSPS) is 20.1. The lowest BCUT2D eigenvalue weighted by Gasteiger charge is -2.24. The lowest BCUT2D eigenvalue weighted by molar-refractivity contribution is -0.0541. The fourth-order valence-corrected chi connectivity index (χ4v) is 1.22. The third kappa shape index (κ3) is 4.43. The summed E-state index contributed by atoms with van der Waals surface area (Å²) in [7, 11) is 0. The third-order valence-electron chi connectivity index (χ3n) is 2.49. The molecule has 0 aromatic carbocycles. The Hall–Kier alpha value is -0.0800. The maximum Gasteiger partial charge on any atom is 0.0598 e. The molecule has 0 saturated heterocycles. The molecular weight excluding hydrogens is 176 g/mol. The van der Waals surface area contributed by atoms with E-state index in [1.807, 2.05) is 0 Å². The predicted octanol–water partition coefficient (Wildman–Crippen LogP) is 3.01. The summed E-state index contributed by atoms with van der Waals surface area (Å²) in [6.07, 6.45) is 2.85. The van der Waals surface area contributed by atoms with Crippen molar-refractivity contribution in [1.29, 1.82) is 0 Å². The molecule has 0 aromatic rings. The van der Waals surface area contributed by atoms with Gasteiger partial charge in [-0.05, 0) is 47.5 Å². The van der Waals surface area contributed by atoms with Gasteiger partial charge >= 0.3 is 0 Å². The van der Waals surface area contributed by atoms with Crippen LogP contribution < -0.4 is 0 Å². The van der Waals surface area contributed by atoms with Gasteiger partial charge in [-0.25, -0.2) is 0 Å². The molecule has 0 radical (unpaired) electrons. The molecule has 0 amide bonds. The van der Waals surface area contributed by atoms with Crippen LogP contribution in [0.1, 0.15) is 47.5 Å². The third-order valence-corrected chi connectivity index (χ3v) is 2.49. The van der Waals surface area contributed by atoms with Gasteiger partial charge in [-0.3, -0.25) is 0 Å². The van der Waals surface area contributed by atoms with E-state index in [9.17, 15) is 0 Å². The van der Waals surface area contributed by atoms with Crippen molar-refractivity contribution in [3.05, 3.63) is 0 Å². The first kappa shape index (κ1) is 12.0. The smallest absolute Gasteiger partial charge is 0.0598 e. The zero-order valence-electron chi connectivity index (χ0n) is 10.2. The van der Waals surface area contributed by atoms with Crippen LogP contribution in [0, 0.1) is 5.41 Å². The van der Waals surface area contributed by atoms with E-state index in [-0.39, 0.29) is 5.60 Å². The van der Waals surface area contributed by atoms with E-state index in [1.54, 1.807) is 0 Å². The number of ether oxygens (including phenoxy) is 2. The molecule has 2 nitrogen and oxygen atoms in total. The van der Waals surface area contributed by atoms with Gasteiger partial charge in [0.2, 0.25) is 0 Å². The topological polar surface area (TPSA) is 18.5 Å². The maximum atomic E-state index is 5.81. The molecule has 0 N–H and O–H groups in total. The zero-order chi connectivity index (χ0) is 10.8. The van der Waals surface area contributed by atoms with Crippen LogP contribution in [-0.2, 0) is 9.47 Å². The van der Waals surface area contributed by atoms with Gasteiger partial charge in [0.1, 0.15) is 0 Å². The highest BCUT2D eigenvalue weighted by Gasteiger charge is 2.44. The Labute approximate surface area is 88.0 Å². The fraction of sp³-hybridized carbons (Fsp3) is 1.00. The first-order valence-corrected chi connectivity index (χ1v) is 5.59. The molecular formula is C12H24O2. The molecule has 0 heterocycles. The van der Waals surface area contributed by atoms with Crippen LogP contribution in [0.25, 0.3) is 0 Å². The van der Waals surface area contributed by atoms with Crippen LogP contribution in [-0.4, -0.2) is 24.9 Å². The summed E-state index contributed by atoms with van der Waals surface area (Å²) >= 11 is 0. The summed E-state index contributed by atoms with van der Waals surface area (Å²) < 4.78 is 11.5. The molecule has 1 fully saturated rings. The van der Waals surface area contributed by atoms with Gasteiger partial charge in [-0.15, -0.1) is 0 Å². The number of hydrogen-bond acceptors (Lipinski definition) is 2. The molecule has 2 heteroatoms. The first-order chi connectivity index (χ1) is 6.33. The van der Waals surface area contributed by atoms with Crippen molar-refractivity contribution in [2.75, 3.05) is 13.2 Å². The quantitative estimate of drug-likeness (QED) is 0.679. The Morgan fingerprint density at radius 3 is 2.07 bits per heavy atom. The minimum atomic E-state index is -0.0204. The Balaban J connectivity index is 2.22. The van der Waals surface area contributed by atoms with Crippen molar-refractivity contribution in [2.45, 2.75) is 59.2 Å². The molecule has 1 aliphatic carbocycles. The maximum absolute atomic E-state index is 5.81. The second kappa shape index (κ2) is 4.19. The summed E-state index contributed by atoms with van der Waals surface area (Å²) in [6, 6.07) is 0. The van der Waals surface area contributed by atoms with Gasteiger partial charge in [0.05, 0.1) is 24.9 Å². The minimum absolute atomic E-state index is 0.0204. The monoisotopic (exact) mass is 200 g/mol. The van der Waals surface area contributed by atoms with Crippen molar-refractivity contribution in [2.24, 2.45) is 5.41 Å². The SMILES string of the molecule is CC(C)OCC1(COC(C)(C)C)CC1. The van der Waals surface area contributed by atoms with E-state index in [4.69, 9.17) is 9.47 Å². The van der Waals surface area contributed by atoms with E-state index in [0.717, 1.165) is 13.2 Å². The fourth-order valence-electron chi connectivity index (χ4n) is 1.22. The highest BCUT2D eigenvalue weighted by atomic mass is 16.5. The Morgan fingerprint density at radius 1 is 1.14 bits per heavy atom. The molecule has 0 spiro atoms. The summed E-state index contributed by atoms with van der Waals surface area (Å²) in [6.45, 7) is 12.2. The van der Waals surface area contributed by atoms with Gasteiger partial charge in [0.15, 0.2) is 0 Å². The summed E-state index contributed by atoms with van der Waals surface area (Å²) in [5, 5.41) is 0. The highest BCUT2D eigenvalue weighted by Crippen LogP contribution is 2.46. The lowest BCUT2D eigenvalue weighted by atomic mass is 10.1. The second-order valence-electron chi connectivity index (χ2n) is 5.76.